The minimum Gasteiger partial charge on any atom is -0.494 e. The van der Waals surface area contributed by atoms with Gasteiger partial charge in [0.25, 0.3) is 11.6 Å². The van der Waals surface area contributed by atoms with Crippen LogP contribution in [0.15, 0.2) is 59.8 Å². The highest BCUT2D eigenvalue weighted by Crippen LogP contribution is 2.30. The van der Waals surface area contributed by atoms with E-state index < -0.39 is 11.0 Å². The maximum atomic E-state index is 13.0. The average molecular weight is 412 g/mol. The number of carbonyl (C=O) groups is 1. The summed E-state index contributed by atoms with van der Waals surface area (Å²) < 4.78 is 5.41. The zero-order valence-corrected chi connectivity index (χ0v) is 16.7. The van der Waals surface area contributed by atoms with Crippen LogP contribution in [-0.2, 0) is 4.79 Å². The number of hydrogen-bond donors (Lipinski definition) is 3. The van der Waals surface area contributed by atoms with Crippen molar-refractivity contribution in [3.63, 3.8) is 0 Å². The van der Waals surface area contributed by atoms with Gasteiger partial charge in [-0.1, -0.05) is 12.1 Å². The Morgan fingerprint density at radius 1 is 1.28 bits per heavy atom. The van der Waals surface area contributed by atoms with Gasteiger partial charge in [0.1, 0.15) is 5.75 Å². The molecule has 2 aromatic rings. The first-order chi connectivity index (χ1) is 13.9. The molecule has 0 fully saturated rings. The molecule has 0 spiro atoms. The fourth-order valence-electron chi connectivity index (χ4n) is 3.06. The normalized spacial score (nSPS) is 15.9. The predicted molar refractivity (Wildman–Crippen MR) is 114 cm³/mol. The lowest BCUT2D eigenvalue weighted by molar-refractivity contribution is -0.384. The molecule has 1 aliphatic heterocycles. The molecule has 0 bridgehead atoms. The molecule has 0 aliphatic carbocycles. The predicted octanol–water partition coefficient (Wildman–Crippen LogP) is 3.43. The minimum atomic E-state index is -0.619. The van der Waals surface area contributed by atoms with Gasteiger partial charge in [0.05, 0.1) is 23.1 Å². The highest BCUT2D eigenvalue weighted by molar-refractivity contribution is 7.80. The van der Waals surface area contributed by atoms with E-state index in [9.17, 15) is 14.9 Å². The molecule has 2 aromatic carbocycles. The van der Waals surface area contributed by atoms with Crippen molar-refractivity contribution in [2.24, 2.45) is 0 Å². The Morgan fingerprint density at radius 2 is 2.00 bits per heavy atom. The zero-order valence-electron chi connectivity index (χ0n) is 15.9. The van der Waals surface area contributed by atoms with Crippen molar-refractivity contribution in [1.82, 2.24) is 10.6 Å². The fraction of sp³-hybridized carbons (Fsp3) is 0.200. The van der Waals surface area contributed by atoms with Gasteiger partial charge in [0.2, 0.25) is 0 Å². The summed E-state index contributed by atoms with van der Waals surface area (Å²) in [5.74, 6) is 0.368. The van der Waals surface area contributed by atoms with Gasteiger partial charge in [-0.15, -0.1) is 0 Å². The molecule has 1 amide bonds. The van der Waals surface area contributed by atoms with Crippen molar-refractivity contribution in [3.05, 3.63) is 75.5 Å². The molecule has 3 N–H and O–H groups in total. The smallest absolute Gasteiger partial charge is 0.269 e. The van der Waals surface area contributed by atoms with E-state index in [0.29, 0.717) is 40.0 Å². The van der Waals surface area contributed by atoms with Crippen LogP contribution >= 0.6 is 12.2 Å². The maximum absolute atomic E-state index is 13.0. The van der Waals surface area contributed by atoms with Crippen LogP contribution in [0.1, 0.15) is 25.5 Å². The highest BCUT2D eigenvalue weighted by Gasteiger charge is 2.30. The van der Waals surface area contributed by atoms with E-state index in [-0.39, 0.29) is 11.6 Å². The molecule has 0 radical (unpaired) electrons. The van der Waals surface area contributed by atoms with Crippen LogP contribution in [-0.4, -0.2) is 22.5 Å². The number of carbonyl (C=O) groups excluding carboxylic acids is 1. The molecule has 1 heterocycles. The molecule has 150 valence electrons. The molecule has 1 atom stereocenters. The maximum Gasteiger partial charge on any atom is 0.269 e. The number of benzene rings is 2. The number of amides is 1. The number of ether oxygens (including phenoxy) is 1. The topological polar surface area (TPSA) is 106 Å². The SMILES string of the molecule is CCOc1ccc(NC(=O)C2=C(C)NC(=S)NC2c2cccc([N+](=O)[O-])c2)cc1. The zero-order chi connectivity index (χ0) is 21.0. The number of allylic oxidation sites excluding steroid dienone is 1. The first-order valence-electron chi connectivity index (χ1n) is 8.96. The van der Waals surface area contributed by atoms with Gasteiger partial charge in [0, 0.05) is 23.5 Å². The number of rotatable bonds is 6. The Kier molecular flexibility index (Phi) is 6.08. The average Bonchev–Trinajstić information content (AvgIpc) is 2.69. The number of nitrogens with one attached hydrogen (secondary N) is 3. The van der Waals surface area contributed by atoms with Crippen molar-refractivity contribution >= 4 is 34.6 Å². The Balaban J connectivity index is 1.90. The summed E-state index contributed by atoms with van der Waals surface area (Å²) in [6.45, 7) is 4.19. The molecule has 1 unspecified atom stereocenters. The molecular weight excluding hydrogens is 392 g/mol. The van der Waals surface area contributed by atoms with Gasteiger partial charge >= 0.3 is 0 Å². The van der Waals surface area contributed by atoms with E-state index >= 15 is 0 Å². The lowest BCUT2D eigenvalue weighted by Gasteiger charge is -2.30. The Bertz CT molecular complexity index is 988. The quantitative estimate of drug-likeness (QED) is 0.379. The molecule has 0 aromatic heterocycles. The summed E-state index contributed by atoms with van der Waals surface area (Å²) in [4.78, 5) is 23.7. The van der Waals surface area contributed by atoms with Crippen LogP contribution in [0.3, 0.4) is 0 Å². The van der Waals surface area contributed by atoms with E-state index in [1.54, 1.807) is 43.3 Å². The summed E-state index contributed by atoms with van der Waals surface area (Å²) in [5.41, 5.74) is 2.09. The van der Waals surface area contributed by atoms with E-state index in [1.165, 1.54) is 12.1 Å². The van der Waals surface area contributed by atoms with E-state index in [0.717, 1.165) is 0 Å². The number of nitro groups is 1. The molecule has 0 saturated heterocycles. The summed E-state index contributed by atoms with van der Waals surface area (Å²) in [6.07, 6.45) is 0. The minimum absolute atomic E-state index is 0.0577. The molecule has 29 heavy (non-hydrogen) atoms. The van der Waals surface area contributed by atoms with Gasteiger partial charge in [-0.3, -0.25) is 14.9 Å². The Hall–Kier alpha value is -3.46. The van der Waals surface area contributed by atoms with Gasteiger partial charge in [0.15, 0.2) is 5.11 Å². The number of thiocarbonyl (C=S) groups is 1. The third-order valence-electron chi connectivity index (χ3n) is 4.35. The number of nitro benzene ring substituents is 1. The van der Waals surface area contributed by atoms with E-state index in [2.05, 4.69) is 16.0 Å². The van der Waals surface area contributed by atoms with Crippen LogP contribution in [0.4, 0.5) is 11.4 Å². The van der Waals surface area contributed by atoms with Crippen LogP contribution in [0.2, 0.25) is 0 Å². The summed E-state index contributed by atoms with van der Waals surface area (Å²) in [5, 5.41) is 20.3. The second-order valence-corrected chi connectivity index (χ2v) is 6.74. The van der Waals surface area contributed by atoms with Crippen LogP contribution in [0.5, 0.6) is 5.75 Å². The largest absolute Gasteiger partial charge is 0.494 e. The van der Waals surface area contributed by atoms with Crippen LogP contribution < -0.4 is 20.7 Å². The van der Waals surface area contributed by atoms with Gasteiger partial charge in [-0.2, -0.15) is 0 Å². The fourth-order valence-corrected chi connectivity index (χ4v) is 3.33. The number of non-ortho nitro benzene ring substituents is 1. The van der Waals surface area contributed by atoms with E-state index in [1.807, 2.05) is 6.92 Å². The van der Waals surface area contributed by atoms with Crippen LogP contribution in [0.25, 0.3) is 0 Å². The second kappa shape index (κ2) is 8.70. The van der Waals surface area contributed by atoms with Crippen molar-refractivity contribution in [1.29, 1.82) is 0 Å². The van der Waals surface area contributed by atoms with E-state index in [4.69, 9.17) is 17.0 Å². The second-order valence-electron chi connectivity index (χ2n) is 6.33. The van der Waals surface area contributed by atoms with Crippen molar-refractivity contribution in [2.45, 2.75) is 19.9 Å². The first-order valence-corrected chi connectivity index (χ1v) is 9.36. The highest BCUT2D eigenvalue weighted by atomic mass is 32.1. The third kappa shape index (κ3) is 4.69. The summed E-state index contributed by atoms with van der Waals surface area (Å²) in [7, 11) is 0. The molecule has 1 aliphatic rings. The lowest BCUT2D eigenvalue weighted by atomic mass is 9.94. The molecular formula is C20H20N4O4S. The van der Waals surface area contributed by atoms with Gasteiger partial charge in [-0.05, 0) is 55.9 Å². The first kappa shape index (κ1) is 20.3. The Labute approximate surface area is 173 Å². The van der Waals surface area contributed by atoms with Crippen molar-refractivity contribution in [3.8, 4) is 5.75 Å². The monoisotopic (exact) mass is 412 g/mol. The van der Waals surface area contributed by atoms with Crippen LogP contribution in [0, 0.1) is 10.1 Å². The van der Waals surface area contributed by atoms with Gasteiger partial charge in [-0.25, -0.2) is 0 Å². The molecule has 0 saturated carbocycles. The molecule has 9 heteroatoms. The third-order valence-corrected chi connectivity index (χ3v) is 4.57. The van der Waals surface area contributed by atoms with Crippen molar-refractivity contribution in [2.75, 3.05) is 11.9 Å². The summed E-state index contributed by atoms with van der Waals surface area (Å²) >= 11 is 5.22. The summed E-state index contributed by atoms with van der Waals surface area (Å²) in [6, 6.07) is 12.5. The molecule has 8 nitrogen and oxygen atoms in total. The Morgan fingerprint density at radius 3 is 2.66 bits per heavy atom. The van der Waals surface area contributed by atoms with Crippen molar-refractivity contribution < 1.29 is 14.5 Å². The molecule has 3 rings (SSSR count). The van der Waals surface area contributed by atoms with Gasteiger partial charge < -0.3 is 20.7 Å². The standard InChI is InChI=1S/C20H20N4O4S/c1-3-28-16-9-7-14(8-10-16)22-19(25)17-12(2)21-20(29)23-18(17)13-5-4-6-15(11-13)24(26)27/h4-11,18H,3H2,1-2H3,(H,22,25)(H2,21,23,29). The number of nitrogens with zero attached hydrogens (tertiary/aromatic N) is 1. The lowest BCUT2D eigenvalue weighted by Crippen LogP contribution is -2.45. The number of anilines is 1. The number of hydrogen-bond acceptors (Lipinski definition) is 5.